The number of esters is 1. The third-order valence-corrected chi connectivity index (χ3v) is 4.93. The van der Waals surface area contributed by atoms with E-state index in [0.29, 0.717) is 31.8 Å². The van der Waals surface area contributed by atoms with E-state index in [9.17, 15) is 14.8 Å². The Hall–Kier alpha value is -2.75. The van der Waals surface area contributed by atoms with E-state index in [0.717, 1.165) is 10.9 Å². The van der Waals surface area contributed by atoms with Crippen molar-refractivity contribution in [1.82, 2.24) is 19.9 Å². The number of allylic oxidation sites excluding steroid dienone is 1. The van der Waals surface area contributed by atoms with Crippen molar-refractivity contribution in [2.45, 2.75) is 6.23 Å². The van der Waals surface area contributed by atoms with Crippen LogP contribution >= 0.6 is 0 Å². The van der Waals surface area contributed by atoms with E-state index in [1.54, 1.807) is 18.5 Å². The second kappa shape index (κ2) is 7.10. The van der Waals surface area contributed by atoms with E-state index in [-0.39, 0.29) is 5.76 Å². The highest BCUT2D eigenvalue weighted by Gasteiger charge is 2.49. The number of aromatic nitrogens is 2. The summed E-state index contributed by atoms with van der Waals surface area (Å²) >= 11 is 0. The van der Waals surface area contributed by atoms with Gasteiger partial charge in [0.05, 0.1) is 7.11 Å². The first-order chi connectivity index (χ1) is 13.1. The molecule has 2 fully saturated rings. The summed E-state index contributed by atoms with van der Waals surface area (Å²) in [6.07, 6.45) is 4.30. The lowest BCUT2D eigenvalue weighted by molar-refractivity contribution is -0.161. The summed E-state index contributed by atoms with van der Waals surface area (Å²) in [5, 5.41) is 11.6. The molecule has 9 heteroatoms. The van der Waals surface area contributed by atoms with Gasteiger partial charge in [0, 0.05) is 49.5 Å². The van der Waals surface area contributed by atoms with Gasteiger partial charge in [0.1, 0.15) is 5.65 Å². The van der Waals surface area contributed by atoms with Crippen LogP contribution in [0.1, 0.15) is 5.56 Å². The molecule has 0 amide bonds. The Bertz CT molecular complexity index is 900. The number of hydrogen-bond acceptors (Lipinski definition) is 8. The standard InChI is InChI=1S/C18H20N4O5/c1-26-18(24)14-15(23)13(27-17(14)21-5-7-22(25)8-6-21)9-11-10-20-16-12(11)3-2-4-19-16/h2-4,9-10,14,17,25H,5-8H2,1H3,(H,19,20)/b13-9-. The van der Waals surface area contributed by atoms with Gasteiger partial charge in [-0.05, 0) is 18.2 Å². The zero-order chi connectivity index (χ0) is 19.0. The summed E-state index contributed by atoms with van der Waals surface area (Å²) in [6, 6.07) is 3.70. The smallest absolute Gasteiger partial charge is 0.322 e. The van der Waals surface area contributed by atoms with Crippen molar-refractivity contribution in [1.29, 1.82) is 0 Å². The average molecular weight is 372 g/mol. The van der Waals surface area contributed by atoms with Crippen molar-refractivity contribution >= 4 is 28.9 Å². The summed E-state index contributed by atoms with van der Waals surface area (Å²) in [5.41, 5.74) is 1.46. The number of ether oxygens (including phenoxy) is 2. The molecule has 2 aliphatic rings. The third-order valence-electron chi connectivity index (χ3n) is 4.93. The summed E-state index contributed by atoms with van der Waals surface area (Å²) in [4.78, 5) is 34.3. The Balaban J connectivity index is 1.66. The van der Waals surface area contributed by atoms with Gasteiger partial charge in [-0.25, -0.2) is 4.98 Å². The van der Waals surface area contributed by atoms with E-state index < -0.39 is 23.9 Å². The largest absolute Gasteiger partial charge is 0.470 e. The molecule has 4 rings (SSSR count). The second-order valence-corrected chi connectivity index (χ2v) is 6.52. The van der Waals surface area contributed by atoms with Gasteiger partial charge in [-0.2, -0.15) is 5.06 Å². The Labute approximate surface area is 155 Å². The minimum Gasteiger partial charge on any atom is -0.470 e. The van der Waals surface area contributed by atoms with Crippen molar-refractivity contribution in [3.8, 4) is 0 Å². The Morgan fingerprint density at radius 3 is 2.93 bits per heavy atom. The van der Waals surface area contributed by atoms with Crippen LogP contribution in [0.25, 0.3) is 17.1 Å². The van der Waals surface area contributed by atoms with Crippen LogP contribution in [0, 0.1) is 5.92 Å². The maximum atomic E-state index is 12.9. The molecule has 2 aliphatic heterocycles. The number of aromatic amines is 1. The number of carbonyl (C=O) groups excluding carboxylic acids is 2. The van der Waals surface area contributed by atoms with Crippen LogP contribution in [-0.2, 0) is 19.1 Å². The molecule has 0 bridgehead atoms. The molecule has 2 aromatic rings. The molecule has 2 saturated heterocycles. The molecule has 2 atom stereocenters. The van der Waals surface area contributed by atoms with Gasteiger partial charge >= 0.3 is 5.97 Å². The first kappa shape index (κ1) is 17.7. The highest BCUT2D eigenvalue weighted by Crippen LogP contribution is 2.32. The molecule has 0 radical (unpaired) electrons. The van der Waals surface area contributed by atoms with Crippen molar-refractivity contribution in [3.63, 3.8) is 0 Å². The van der Waals surface area contributed by atoms with Gasteiger partial charge in [-0.1, -0.05) is 0 Å². The number of methoxy groups -OCH3 is 1. The normalized spacial score (nSPS) is 25.9. The molecular weight excluding hydrogens is 352 g/mol. The Morgan fingerprint density at radius 2 is 2.19 bits per heavy atom. The lowest BCUT2D eigenvalue weighted by atomic mass is 10.0. The zero-order valence-corrected chi connectivity index (χ0v) is 14.8. The molecule has 0 aromatic carbocycles. The minimum atomic E-state index is -1.05. The summed E-state index contributed by atoms with van der Waals surface area (Å²) in [7, 11) is 1.26. The van der Waals surface area contributed by atoms with Crippen LogP contribution < -0.4 is 0 Å². The molecule has 9 nitrogen and oxygen atoms in total. The van der Waals surface area contributed by atoms with Crippen molar-refractivity contribution in [3.05, 3.63) is 35.8 Å². The van der Waals surface area contributed by atoms with E-state index >= 15 is 0 Å². The molecule has 142 valence electrons. The number of nitrogens with one attached hydrogen (secondary N) is 1. The lowest BCUT2D eigenvalue weighted by Crippen LogP contribution is -2.52. The quantitative estimate of drug-likeness (QED) is 0.459. The SMILES string of the molecule is COC(=O)C1C(=O)/C(=C/c2c[nH]c3ncccc23)OC1N1CCN(O)CC1. The molecule has 4 heterocycles. The predicted molar refractivity (Wildman–Crippen MR) is 94.4 cm³/mol. The first-order valence-corrected chi connectivity index (χ1v) is 8.69. The topological polar surface area (TPSA) is 108 Å². The molecular formula is C18H20N4O5. The number of ketones is 1. The van der Waals surface area contributed by atoms with E-state index in [1.165, 1.54) is 12.2 Å². The van der Waals surface area contributed by atoms with E-state index in [4.69, 9.17) is 9.47 Å². The van der Waals surface area contributed by atoms with Crippen LogP contribution in [0.2, 0.25) is 0 Å². The summed E-state index contributed by atoms with van der Waals surface area (Å²) in [5.74, 6) is -1.96. The number of piperazine rings is 1. The zero-order valence-electron chi connectivity index (χ0n) is 14.8. The summed E-state index contributed by atoms with van der Waals surface area (Å²) in [6.45, 7) is 1.78. The fraction of sp³-hybridized carbons (Fsp3) is 0.389. The van der Waals surface area contributed by atoms with Crippen LogP contribution in [0.4, 0.5) is 0 Å². The second-order valence-electron chi connectivity index (χ2n) is 6.52. The van der Waals surface area contributed by atoms with Gasteiger partial charge in [0.15, 0.2) is 17.9 Å². The molecule has 27 heavy (non-hydrogen) atoms. The Morgan fingerprint density at radius 1 is 1.41 bits per heavy atom. The number of nitrogens with zero attached hydrogens (tertiary/aromatic N) is 3. The fourth-order valence-corrected chi connectivity index (χ4v) is 3.48. The average Bonchev–Trinajstić information content (AvgIpc) is 3.24. The summed E-state index contributed by atoms with van der Waals surface area (Å²) < 4.78 is 10.7. The maximum absolute atomic E-state index is 12.9. The number of pyridine rings is 1. The predicted octanol–water partition coefficient (Wildman–Crippen LogP) is 0.625. The van der Waals surface area contributed by atoms with Crippen LogP contribution in [-0.4, -0.2) is 76.4 Å². The monoisotopic (exact) mass is 372 g/mol. The third kappa shape index (κ3) is 3.20. The van der Waals surface area contributed by atoms with Crippen molar-refractivity contribution in [2.75, 3.05) is 33.3 Å². The molecule has 0 spiro atoms. The van der Waals surface area contributed by atoms with Gasteiger partial charge in [-0.3, -0.25) is 14.5 Å². The number of hydroxylamine groups is 2. The van der Waals surface area contributed by atoms with Gasteiger partial charge in [-0.15, -0.1) is 0 Å². The highest BCUT2D eigenvalue weighted by atomic mass is 16.5. The molecule has 0 saturated carbocycles. The molecule has 0 aliphatic carbocycles. The van der Waals surface area contributed by atoms with Crippen LogP contribution in [0.5, 0.6) is 0 Å². The number of carbonyl (C=O) groups is 2. The molecule has 2 N–H and O–H groups in total. The fourth-order valence-electron chi connectivity index (χ4n) is 3.48. The maximum Gasteiger partial charge on any atom is 0.322 e. The van der Waals surface area contributed by atoms with E-state index in [1.807, 2.05) is 17.0 Å². The number of hydrogen-bond donors (Lipinski definition) is 2. The minimum absolute atomic E-state index is 0.117. The number of rotatable bonds is 3. The van der Waals surface area contributed by atoms with Gasteiger partial charge < -0.3 is 19.7 Å². The van der Waals surface area contributed by atoms with Crippen LogP contribution in [0.3, 0.4) is 0 Å². The van der Waals surface area contributed by atoms with Crippen molar-refractivity contribution in [2.24, 2.45) is 5.92 Å². The lowest BCUT2D eigenvalue weighted by Gasteiger charge is -2.35. The van der Waals surface area contributed by atoms with Gasteiger partial charge in [0.25, 0.3) is 0 Å². The van der Waals surface area contributed by atoms with Gasteiger partial charge in [0.2, 0.25) is 5.78 Å². The molecule has 2 unspecified atom stereocenters. The highest BCUT2D eigenvalue weighted by molar-refractivity contribution is 6.12. The van der Waals surface area contributed by atoms with E-state index in [2.05, 4.69) is 9.97 Å². The number of fused-ring (bicyclic) bond motifs is 1. The van der Waals surface area contributed by atoms with Crippen molar-refractivity contribution < 1.29 is 24.3 Å². The number of H-pyrrole nitrogens is 1. The first-order valence-electron chi connectivity index (χ1n) is 8.69. The van der Waals surface area contributed by atoms with Crippen LogP contribution in [0.15, 0.2) is 30.3 Å². The number of Topliss-reactive ketones (excluding diaryl/α,β-unsaturated/α-hetero) is 1. The molecule has 2 aromatic heterocycles. The Kier molecular flexibility index (Phi) is 4.65.